The summed E-state index contributed by atoms with van der Waals surface area (Å²) >= 11 is 1.42. The van der Waals surface area contributed by atoms with Gasteiger partial charge in [0, 0.05) is 28.7 Å². The van der Waals surface area contributed by atoms with Gasteiger partial charge >= 0.3 is 0 Å². The van der Waals surface area contributed by atoms with Gasteiger partial charge in [-0.25, -0.2) is 18.1 Å². The van der Waals surface area contributed by atoms with Crippen molar-refractivity contribution in [1.82, 2.24) is 20.0 Å². The number of imidazole rings is 1. The fourth-order valence-electron chi connectivity index (χ4n) is 1.41. The highest BCUT2D eigenvalue weighted by atomic mass is 32.2. The molecule has 0 spiro atoms. The number of nitrogens with one attached hydrogen (secondary N) is 3. The van der Waals surface area contributed by atoms with E-state index in [1.165, 1.54) is 17.7 Å². The summed E-state index contributed by atoms with van der Waals surface area (Å²) in [5.74, 6) is 0. The van der Waals surface area contributed by atoms with Crippen LogP contribution in [0.15, 0.2) is 28.9 Å². The molecule has 0 aliphatic carbocycles. The van der Waals surface area contributed by atoms with Crippen molar-refractivity contribution in [2.45, 2.75) is 18.0 Å². The normalized spacial score (nSPS) is 11.8. The van der Waals surface area contributed by atoms with Crippen LogP contribution in [-0.2, 0) is 23.1 Å². The minimum absolute atomic E-state index is 0.208. The summed E-state index contributed by atoms with van der Waals surface area (Å²) in [6, 6.07) is 1.68. The average molecular weight is 286 g/mol. The zero-order valence-electron chi connectivity index (χ0n) is 9.80. The molecular weight excluding hydrogens is 272 g/mol. The Kier molecular flexibility index (Phi) is 4.12. The number of hydrogen-bond acceptors (Lipinski definition) is 5. The number of aromatic amines is 1. The lowest BCUT2D eigenvalue weighted by Gasteiger charge is -2.02. The fourth-order valence-corrected chi connectivity index (χ4v) is 3.70. The maximum absolute atomic E-state index is 12.0. The summed E-state index contributed by atoms with van der Waals surface area (Å²) in [6.07, 6.45) is 3.10. The van der Waals surface area contributed by atoms with Gasteiger partial charge in [0.1, 0.15) is 0 Å². The minimum atomic E-state index is -3.45. The molecule has 0 aliphatic heterocycles. The van der Waals surface area contributed by atoms with Crippen LogP contribution in [0, 0.1) is 0 Å². The molecule has 2 heterocycles. The lowest BCUT2D eigenvalue weighted by molar-refractivity contribution is 0.581. The molecule has 0 amide bonds. The molecule has 0 atom stereocenters. The van der Waals surface area contributed by atoms with Gasteiger partial charge in [0.25, 0.3) is 0 Å². The van der Waals surface area contributed by atoms with E-state index in [-0.39, 0.29) is 6.54 Å². The smallest absolute Gasteiger partial charge is 0.241 e. The highest BCUT2D eigenvalue weighted by molar-refractivity contribution is 7.89. The number of thiophene rings is 1. The lowest BCUT2D eigenvalue weighted by Crippen LogP contribution is -2.22. The van der Waals surface area contributed by atoms with Gasteiger partial charge in [-0.05, 0) is 13.1 Å². The summed E-state index contributed by atoms with van der Waals surface area (Å²) in [5, 5.41) is 4.63. The van der Waals surface area contributed by atoms with Gasteiger partial charge in [-0.3, -0.25) is 0 Å². The fraction of sp³-hybridized carbons (Fsp3) is 0.300. The molecule has 2 aromatic heterocycles. The van der Waals surface area contributed by atoms with E-state index >= 15 is 0 Å². The number of hydrogen-bond donors (Lipinski definition) is 3. The van der Waals surface area contributed by atoms with Crippen molar-refractivity contribution in [3.8, 4) is 0 Å². The van der Waals surface area contributed by atoms with Crippen molar-refractivity contribution < 1.29 is 8.42 Å². The molecular formula is C10H14N4O2S2. The monoisotopic (exact) mass is 286 g/mol. The van der Waals surface area contributed by atoms with E-state index < -0.39 is 10.0 Å². The highest BCUT2D eigenvalue weighted by Gasteiger charge is 2.15. The number of H-pyrrole nitrogens is 1. The molecule has 0 saturated carbocycles. The first-order valence-corrected chi connectivity index (χ1v) is 7.67. The number of rotatable bonds is 6. The maximum Gasteiger partial charge on any atom is 0.241 e. The largest absolute Gasteiger partial charge is 0.347 e. The van der Waals surface area contributed by atoms with Crippen molar-refractivity contribution in [3.63, 3.8) is 0 Å². The molecule has 2 rings (SSSR count). The van der Waals surface area contributed by atoms with E-state index in [9.17, 15) is 8.42 Å². The van der Waals surface area contributed by atoms with Gasteiger partial charge in [0.15, 0.2) is 0 Å². The van der Waals surface area contributed by atoms with E-state index in [0.717, 1.165) is 10.6 Å². The standard InChI is InChI=1S/C10H14N4O2S2/c1-11-5-9-2-10(6-17-9)18(15,16)14-4-8-3-12-7-13-8/h2-3,6-7,11,14H,4-5H2,1H3,(H,12,13). The molecule has 0 unspecified atom stereocenters. The molecule has 8 heteroatoms. The molecule has 0 bridgehead atoms. The van der Waals surface area contributed by atoms with Gasteiger partial charge in [0.2, 0.25) is 10.0 Å². The third kappa shape index (κ3) is 3.16. The molecule has 0 saturated heterocycles. The third-order valence-electron chi connectivity index (χ3n) is 2.30. The molecule has 2 aromatic rings. The van der Waals surface area contributed by atoms with Crippen molar-refractivity contribution in [1.29, 1.82) is 0 Å². The van der Waals surface area contributed by atoms with Gasteiger partial charge in [0.05, 0.1) is 17.8 Å². The zero-order valence-corrected chi connectivity index (χ0v) is 11.4. The first-order chi connectivity index (χ1) is 8.62. The van der Waals surface area contributed by atoms with Crippen LogP contribution in [0.2, 0.25) is 0 Å². The van der Waals surface area contributed by atoms with Crippen LogP contribution >= 0.6 is 11.3 Å². The second kappa shape index (κ2) is 5.61. The predicted octanol–water partition coefficient (Wildman–Crippen LogP) is 0.669. The Morgan fingerprint density at radius 1 is 1.44 bits per heavy atom. The van der Waals surface area contributed by atoms with Crippen molar-refractivity contribution >= 4 is 21.4 Å². The average Bonchev–Trinajstić information content (AvgIpc) is 2.98. The summed E-state index contributed by atoms with van der Waals surface area (Å²) in [4.78, 5) is 7.96. The predicted molar refractivity (Wildman–Crippen MR) is 69.7 cm³/mol. The van der Waals surface area contributed by atoms with Crippen LogP contribution in [0.5, 0.6) is 0 Å². The Balaban J connectivity index is 2.05. The van der Waals surface area contributed by atoms with Crippen molar-refractivity contribution in [3.05, 3.63) is 34.5 Å². The van der Waals surface area contributed by atoms with Gasteiger partial charge in [-0.15, -0.1) is 11.3 Å². The van der Waals surface area contributed by atoms with Crippen LogP contribution in [0.4, 0.5) is 0 Å². The molecule has 98 valence electrons. The van der Waals surface area contributed by atoms with Crippen molar-refractivity contribution in [2.75, 3.05) is 7.05 Å². The van der Waals surface area contributed by atoms with Crippen molar-refractivity contribution in [2.24, 2.45) is 0 Å². The SMILES string of the molecule is CNCc1cc(S(=O)(=O)NCc2cnc[nH]2)cs1. The minimum Gasteiger partial charge on any atom is -0.347 e. The molecule has 18 heavy (non-hydrogen) atoms. The van der Waals surface area contributed by atoms with E-state index in [4.69, 9.17) is 0 Å². The topological polar surface area (TPSA) is 86.9 Å². The van der Waals surface area contributed by atoms with E-state index in [1.54, 1.807) is 17.6 Å². The first kappa shape index (κ1) is 13.2. The molecule has 0 aromatic carbocycles. The zero-order chi connectivity index (χ0) is 13.0. The molecule has 6 nitrogen and oxygen atoms in total. The summed E-state index contributed by atoms with van der Waals surface area (Å²) < 4.78 is 26.5. The summed E-state index contributed by atoms with van der Waals surface area (Å²) in [6.45, 7) is 0.875. The second-order valence-electron chi connectivity index (χ2n) is 3.68. The molecule has 0 radical (unpaired) electrons. The summed E-state index contributed by atoms with van der Waals surface area (Å²) in [5.41, 5.74) is 0.726. The molecule has 3 N–H and O–H groups in total. The Hall–Kier alpha value is -1.22. The van der Waals surface area contributed by atoms with Gasteiger partial charge < -0.3 is 10.3 Å². The Bertz CT molecular complexity index is 589. The van der Waals surface area contributed by atoms with Gasteiger partial charge in [-0.2, -0.15) is 0 Å². The Morgan fingerprint density at radius 2 is 2.28 bits per heavy atom. The van der Waals surface area contributed by atoms with Crippen LogP contribution < -0.4 is 10.0 Å². The second-order valence-corrected chi connectivity index (χ2v) is 6.44. The van der Waals surface area contributed by atoms with Crippen LogP contribution in [-0.4, -0.2) is 25.4 Å². The molecule has 0 aliphatic rings. The highest BCUT2D eigenvalue weighted by Crippen LogP contribution is 2.19. The van der Waals surface area contributed by atoms with E-state index in [1.807, 2.05) is 7.05 Å². The first-order valence-electron chi connectivity index (χ1n) is 5.31. The van der Waals surface area contributed by atoms with Crippen LogP contribution in [0.1, 0.15) is 10.6 Å². The Morgan fingerprint density at radius 3 is 2.94 bits per heavy atom. The number of aromatic nitrogens is 2. The number of sulfonamides is 1. The van der Waals surface area contributed by atoms with Crippen LogP contribution in [0.3, 0.4) is 0 Å². The van der Waals surface area contributed by atoms with Gasteiger partial charge in [-0.1, -0.05) is 0 Å². The van der Waals surface area contributed by atoms with E-state index in [2.05, 4.69) is 20.0 Å². The maximum atomic E-state index is 12.0. The summed E-state index contributed by atoms with van der Waals surface area (Å²) in [7, 11) is -1.63. The lowest BCUT2D eigenvalue weighted by atomic mass is 10.5. The Labute approximate surface area is 110 Å². The quantitative estimate of drug-likeness (QED) is 0.728. The number of nitrogens with zero attached hydrogens (tertiary/aromatic N) is 1. The van der Waals surface area contributed by atoms with E-state index in [0.29, 0.717) is 11.4 Å². The van der Waals surface area contributed by atoms with Crippen LogP contribution in [0.25, 0.3) is 0 Å². The molecule has 0 fully saturated rings. The third-order valence-corrected chi connectivity index (χ3v) is 4.77.